The van der Waals surface area contributed by atoms with Crippen molar-refractivity contribution in [2.45, 2.75) is 25.0 Å². The first kappa shape index (κ1) is 17.2. The Balaban J connectivity index is 3.06. The van der Waals surface area contributed by atoms with E-state index in [0.29, 0.717) is 5.01 Å². The molecule has 0 saturated carbocycles. The molecule has 118 valence electrons. The standard InChI is InChI=1S/C11H14F3N3O3S/c1-3-21(19,20)10-5-4-9(6-15-10)17(16-8(2)18)7-11(12,13)14/h4-6H,3,7H2,1-2H3,(H,16,18). The number of carbonyl (C=O) groups excluding carboxylic acids is 1. The van der Waals surface area contributed by atoms with Crippen molar-refractivity contribution in [2.24, 2.45) is 0 Å². The van der Waals surface area contributed by atoms with Crippen LogP contribution in [0.4, 0.5) is 18.9 Å². The maximum absolute atomic E-state index is 12.5. The third-order valence-electron chi connectivity index (χ3n) is 2.36. The molecule has 0 bridgehead atoms. The van der Waals surface area contributed by atoms with Crippen LogP contribution in [0.15, 0.2) is 23.4 Å². The van der Waals surface area contributed by atoms with Crippen molar-refractivity contribution < 1.29 is 26.4 Å². The van der Waals surface area contributed by atoms with E-state index in [4.69, 9.17) is 0 Å². The van der Waals surface area contributed by atoms with Gasteiger partial charge in [-0.3, -0.25) is 15.2 Å². The number of nitrogens with one attached hydrogen (secondary N) is 1. The van der Waals surface area contributed by atoms with Crippen molar-refractivity contribution in [3.05, 3.63) is 18.3 Å². The van der Waals surface area contributed by atoms with Crippen molar-refractivity contribution in [1.29, 1.82) is 0 Å². The molecule has 1 amide bonds. The van der Waals surface area contributed by atoms with E-state index < -0.39 is 28.5 Å². The van der Waals surface area contributed by atoms with Gasteiger partial charge in [-0.2, -0.15) is 13.2 Å². The molecule has 1 N–H and O–H groups in total. The lowest BCUT2D eigenvalue weighted by Crippen LogP contribution is -2.46. The zero-order valence-corrected chi connectivity index (χ0v) is 12.1. The molecule has 1 aromatic heterocycles. The molecule has 0 aliphatic heterocycles. The largest absolute Gasteiger partial charge is 0.407 e. The number of pyridine rings is 1. The first-order valence-corrected chi connectivity index (χ1v) is 7.50. The summed E-state index contributed by atoms with van der Waals surface area (Å²) in [5, 5.41) is 0.320. The molecule has 0 radical (unpaired) electrons. The number of carbonyl (C=O) groups is 1. The van der Waals surface area contributed by atoms with Crippen molar-refractivity contribution >= 4 is 21.4 Å². The third kappa shape index (κ3) is 5.21. The fourth-order valence-electron chi connectivity index (χ4n) is 1.43. The highest BCUT2D eigenvalue weighted by Gasteiger charge is 2.32. The number of rotatable bonds is 5. The van der Waals surface area contributed by atoms with E-state index in [9.17, 15) is 26.4 Å². The van der Waals surface area contributed by atoms with Crippen LogP contribution < -0.4 is 10.4 Å². The van der Waals surface area contributed by atoms with Crippen LogP contribution in [0.1, 0.15) is 13.8 Å². The molecule has 10 heteroatoms. The van der Waals surface area contributed by atoms with Crippen LogP contribution in [0.3, 0.4) is 0 Å². The van der Waals surface area contributed by atoms with E-state index in [1.165, 1.54) is 6.92 Å². The number of aromatic nitrogens is 1. The van der Waals surface area contributed by atoms with E-state index in [0.717, 1.165) is 25.3 Å². The van der Waals surface area contributed by atoms with E-state index in [2.05, 4.69) is 4.98 Å². The number of alkyl halides is 3. The molecule has 1 rings (SSSR count). The van der Waals surface area contributed by atoms with Gasteiger partial charge in [-0.25, -0.2) is 13.4 Å². The SMILES string of the molecule is CCS(=O)(=O)c1ccc(N(CC(F)(F)F)NC(C)=O)cn1. The molecule has 1 aromatic rings. The van der Waals surface area contributed by atoms with Gasteiger partial charge in [-0.1, -0.05) is 6.92 Å². The highest BCUT2D eigenvalue weighted by Crippen LogP contribution is 2.21. The summed E-state index contributed by atoms with van der Waals surface area (Å²) in [5.41, 5.74) is 1.94. The maximum atomic E-state index is 12.5. The van der Waals surface area contributed by atoms with Gasteiger partial charge >= 0.3 is 6.18 Å². The van der Waals surface area contributed by atoms with Gasteiger partial charge in [0.2, 0.25) is 5.91 Å². The predicted octanol–water partition coefficient (Wildman–Crippen LogP) is 1.30. The van der Waals surface area contributed by atoms with Crippen LogP contribution in [0.5, 0.6) is 0 Å². The number of nitrogens with zero attached hydrogens (tertiary/aromatic N) is 2. The van der Waals surface area contributed by atoms with Crippen molar-refractivity contribution in [3.8, 4) is 0 Å². The van der Waals surface area contributed by atoms with Gasteiger partial charge in [-0.15, -0.1) is 0 Å². The minimum atomic E-state index is -4.55. The topological polar surface area (TPSA) is 79.4 Å². The second-order valence-corrected chi connectivity index (χ2v) is 6.35. The quantitative estimate of drug-likeness (QED) is 0.826. The average molecular weight is 325 g/mol. The molecule has 1 heterocycles. The van der Waals surface area contributed by atoms with Gasteiger partial charge in [-0.05, 0) is 12.1 Å². The zero-order valence-electron chi connectivity index (χ0n) is 11.3. The summed E-state index contributed by atoms with van der Waals surface area (Å²) in [5.74, 6) is -0.860. The molecule has 0 aliphatic carbocycles. The summed E-state index contributed by atoms with van der Waals surface area (Å²) in [6, 6.07) is 2.25. The summed E-state index contributed by atoms with van der Waals surface area (Å²) in [6.45, 7) is 1.07. The Kier molecular flexibility index (Phi) is 5.15. The van der Waals surface area contributed by atoms with Gasteiger partial charge in [0.05, 0.1) is 17.6 Å². The van der Waals surface area contributed by atoms with Gasteiger partial charge in [0.15, 0.2) is 14.9 Å². The molecule has 0 aromatic carbocycles. The van der Waals surface area contributed by atoms with Crippen LogP contribution in [0, 0.1) is 0 Å². The van der Waals surface area contributed by atoms with Crippen molar-refractivity contribution in [2.75, 3.05) is 17.3 Å². The van der Waals surface area contributed by atoms with Crippen molar-refractivity contribution in [1.82, 2.24) is 10.4 Å². The lowest BCUT2D eigenvalue weighted by Gasteiger charge is -2.25. The Morgan fingerprint density at radius 3 is 2.38 bits per heavy atom. The van der Waals surface area contributed by atoms with Crippen LogP contribution in [-0.4, -0.2) is 37.8 Å². The number of hydrogen-bond donors (Lipinski definition) is 1. The molecular weight excluding hydrogens is 311 g/mol. The molecule has 0 spiro atoms. The zero-order chi connectivity index (χ0) is 16.3. The summed E-state index contributed by atoms with van der Waals surface area (Å²) in [6.07, 6.45) is -3.58. The summed E-state index contributed by atoms with van der Waals surface area (Å²) < 4.78 is 60.5. The monoisotopic (exact) mass is 325 g/mol. The number of hydrazine groups is 1. The first-order chi connectivity index (χ1) is 9.55. The second kappa shape index (κ2) is 6.29. The van der Waals surface area contributed by atoms with Crippen molar-refractivity contribution in [3.63, 3.8) is 0 Å². The third-order valence-corrected chi connectivity index (χ3v) is 4.00. The van der Waals surface area contributed by atoms with Crippen LogP contribution in [-0.2, 0) is 14.6 Å². The molecule has 0 atom stereocenters. The van der Waals surface area contributed by atoms with E-state index in [-0.39, 0.29) is 16.5 Å². The maximum Gasteiger partial charge on any atom is 0.407 e. The second-order valence-electron chi connectivity index (χ2n) is 4.13. The normalized spacial score (nSPS) is 12.0. The Morgan fingerprint density at radius 1 is 1.38 bits per heavy atom. The fourth-order valence-corrected chi connectivity index (χ4v) is 2.21. The molecule has 0 aliphatic rings. The highest BCUT2D eigenvalue weighted by molar-refractivity contribution is 7.91. The first-order valence-electron chi connectivity index (χ1n) is 5.85. The number of halogens is 3. The molecule has 0 unspecified atom stereocenters. The van der Waals surface area contributed by atoms with Gasteiger partial charge in [0.25, 0.3) is 0 Å². The molecule has 0 saturated heterocycles. The highest BCUT2D eigenvalue weighted by atomic mass is 32.2. The average Bonchev–Trinajstić information content (AvgIpc) is 2.36. The minimum Gasteiger partial charge on any atom is -0.275 e. The number of sulfone groups is 1. The number of anilines is 1. The lowest BCUT2D eigenvalue weighted by atomic mass is 10.4. The molecule has 0 fully saturated rings. The fraction of sp³-hybridized carbons (Fsp3) is 0.455. The van der Waals surface area contributed by atoms with Crippen LogP contribution in [0.2, 0.25) is 0 Å². The minimum absolute atomic E-state index is 0.0717. The van der Waals surface area contributed by atoms with E-state index >= 15 is 0 Å². The molecular formula is C11H14F3N3O3S. The van der Waals surface area contributed by atoms with Gasteiger partial charge in [0, 0.05) is 6.92 Å². The molecule has 6 nitrogen and oxygen atoms in total. The van der Waals surface area contributed by atoms with Crippen LogP contribution >= 0.6 is 0 Å². The van der Waals surface area contributed by atoms with E-state index in [1.807, 2.05) is 5.43 Å². The Hall–Kier alpha value is -1.84. The molecule has 21 heavy (non-hydrogen) atoms. The Labute approximate surface area is 119 Å². The summed E-state index contributed by atoms with van der Waals surface area (Å²) in [4.78, 5) is 14.6. The predicted molar refractivity (Wildman–Crippen MR) is 69.2 cm³/mol. The summed E-state index contributed by atoms with van der Waals surface area (Å²) >= 11 is 0. The van der Waals surface area contributed by atoms with Gasteiger partial charge < -0.3 is 0 Å². The van der Waals surface area contributed by atoms with Gasteiger partial charge in [0.1, 0.15) is 6.54 Å². The lowest BCUT2D eigenvalue weighted by molar-refractivity contribution is -0.126. The number of hydrogen-bond acceptors (Lipinski definition) is 5. The number of amides is 1. The Morgan fingerprint density at radius 2 is 2.00 bits per heavy atom. The smallest absolute Gasteiger partial charge is 0.275 e. The Bertz CT molecular complexity index is 599. The summed E-state index contributed by atoms with van der Waals surface area (Å²) in [7, 11) is -3.54. The van der Waals surface area contributed by atoms with Crippen LogP contribution in [0.25, 0.3) is 0 Å². The van der Waals surface area contributed by atoms with E-state index in [1.54, 1.807) is 0 Å².